The second-order valence-electron chi connectivity index (χ2n) is 8.78. The largest absolute Gasteiger partial charge is 0.376 e. The first-order valence-corrected chi connectivity index (χ1v) is 11.4. The van der Waals surface area contributed by atoms with Gasteiger partial charge in [0.15, 0.2) is 0 Å². The lowest BCUT2D eigenvalue weighted by molar-refractivity contribution is -0.0411. The summed E-state index contributed by atoms with van der Waals surface area (Å²) in [5.41, 5.74) is 2.83. The zero-order valence-electron chi connectivity index (χ0n) is 17.3. The van der Waals surface area contributed by atoms with Crippen LogP contribution in [-0.2, 0) is 35.5 Å². The minimum atomic E-state index is -0.203. The Hall–Kier alpha value is -1.83. The van der Waals surface area contributed by atoms with Crippen LogP contribution in [0.2, 0.25) is 0 Å². The van der Waals surface area contributed by atoms with Crippen LogP contribution in [0.15, 0.2) is 10.9 Å². The molecule has 6 nitrogen and oxygen atoms in total. The van der Waals surface area contributed by atoms with E-state index in [0.717, 1.165) is 71.5 Å². The second-order valence-corrected chi connectivity index (χ2v) is 9.78. The van der Waals surface area contributed by atoms with Gasteiger partial charge in [0.05, 0.1) is 36.1 Å². The van der Waals surface area contributed by atoms with Gasteiger partial charge in [-0.15, -0.1) is 11.3 Å². The van der Waals surface area contributed by atoms with E-state index in [1.807, 2.05) is 4.57 Å². The molecule has 2 aliphatic rings. The van der Waals surface area contributed by atoms with Crippen molar-refractivity contribution in [2.24, 2.45) is 0 Å². The van der Waals surface area contributed by atoms with Gasteiger partial charge < -0.3 is 9.47 Å². The van der Waals surface area contributed by atoms with Crippen LogP contribution in [0.3, 0.4) is 0 Å². The van der Waals surface area contributed by atoms with Crippen molar-refractivity contribution in [3.05, 3.63) is 33.5 Å². The fraction of sp³-hybridized carbons (Fsp3) is 0.591. The molecule has 5 rings (SSSR count). The molecular weight excluding hydrogens is 386 g/mol. The number of nitrogens with zero attached hydrogens (tertiary/aromatic N) is 3. The van der Waals surface area contributed by atoms with Gasteiger partial charge in [0.25, 0.3) is 5.56 Å². The predicted molar refractivity (Wildman–Crippen MR) is 115 cm³/mol. The molecule has 0 saturated carbocycles. The highest BCUT2D eigenvalue weighted by atomic mass is 32.1. The number of thiophene rings is 1. The van der Waals surface area contributed by atoms with E-state index in [-0.39, 0.29) is 17.3 Å². The van der Waals surface area contributed by atoms with Gasteiger partial charge in [-0.1, -0.05) is 6.92 Å². The number of hydrogen-bond donors (Lipinski definition) is 0. The highest BCUT2D eigenvalue weighted by Crippen LogP contribution is 2.35. The summed E-state index contributed by atoms with van der Waals surface area (Å²) >= 11 is 1.47. The molecule has 7 heteroatoms. The van der Waals surface area contributed by atoms with Crippen molar-refractivity contribution in [3.8, 4) is 0 Å². The van der Waals surface area contributed by atoms with Crippen LogP contribution in [0.5, 0.6) is 0 Å². The maximum atomic E-state index is 13.4. The molecule has 3 aromatic heterocycles. The molecular formula is C22H27N3O3S. The third-order valence-electron chi connectivity index (χ3n) is 5.91. The van der Waals surface area contributed by atoms with Gasteiger partial charge >= 0.3 is 0 Å². The van der Waals surface area contributed by atoms with Crippen molar-refractivity contribution in [1.29, 1.82) is 0 Å². The number of hydrogen-bond acceptors (Lipinski definition) is 6. The third-order valence-corrected chi connectivity index (χ3v) is 6.99. The van der Waals surface area contributed by atoms with E-state index in [2.05, 4.69) is 26.8 Å². The first kappa shape index (κ1) is 19.2. The van der Waals surface area contributed by atoms with E-state index in [9.17, 15) is 4.79 Å². The van der Waals surface area contributed by atoms with Gasteiger partial charge in [-0.25, -0.2) is 9.97 Å². The number of aromatic nitrogens is 3. The molecule has 1 unspecified atom stereocenters. The monoisotopic (exact) mass is 413 g/mol. The molecule has 0 bridgehead atoms. The molecule has 0 aliphatic carbocycles. The molecule has 0 spiro atoms. The van der Waals surface area contributed by atoms with Crippen LogP contribution in [0.4, 0.5) is 0 Å². The molecule has 154 valence electrons. The van der Waals surface area contributed by atoms with Crippen molar-refractivity contribution in [2.75, 3.05) is 6.61 Å². The Morgan fingerprint density at radius 3 is 2.97 bits per heavy atom. The van der Waals surface area contributed by atoms with Crippen molar-refractivity contribution >= 4 is 31.8 Å². The summed E-state index contributed by atoms with van der Waals surface area (Å²) < 4.78 is 14.3. The van der Waals surface area contributed by atoms with Crippen LogP contribution in [-0.4, -0.2) is 32.8 Å². The maximum Gasteiger partial charge on any atom is 0.271 e. The number of fused-ring (bicyclic) bond motifs is 4. The summed E-state index contributed by atoms with van der Waals surface area (Å²) in [6.45, 7) is 8.24. The zero-order chi connectivity index (χ0) is 20.2. The van der Waals surface area contributed by atoms with Crippen molar-refractivity contribution < 1.29 is 9.47 Å². The molecule has 0 aromatic carbocycles. The first-order valence-electron chi connectivity index (χ1n) is 10.6. The lowest BCUT2D eigenvalue weighted by Gasteiger charge is -2.30. The fourth-order valence-electron chi connectivity index (χ4n) is 4.37. The molecule has 5 heterocycles. The highest BCUT2D eigenvalue weighted by Gasteiger charge is 2.28. The summed E-state index contributed by atoms with van der Waals surface area (Å²) in [5.74, 6) is 0.857. The molecule has 0 amide bonds. The standard InChI is InChI=1S/C22H27N3O3S/c1-4-6-17-24-18-15-9-13-12-28-22(2,3)10-16(13)23-20(15)29-19(18)21(26)25(17)11-14-7-5-8-27-14/h9,14H,4-8,10-12H2,1-3H3. The summed E-state index contributed by atoms with van der Waals surface area (Å²) in [5, 5.41) is 0.978. The Bertz CT molecular complexity index is 1140. The van der Waals surface area contributed by atoms with Crippen LogP contribution in [0, 0.1) is 0 Å². The van der Waals surface area contributed by atoms with Crippen molar-refractivity contribution in [2.45, 2.75) is 77.7 Å². The summed E-state index contributed by atoms with van der Waals surface area (Å²) in [6, 6.07) is 2.14. The van der Waals surface area contributed by atoms with Gasteiger partial charge in [0, 0.05) is 30.4 Å². The summed E-state index contributed by atoms with van der Waals surface area (Å²) in [4.78, 5) is 24.2. The number of rotatable bonds is 4. The Labute approximate surface area is 173 Å². The van der Waals surface area contributed by atoms with Crippen LogP contribution >= 0.6 is 11.3 Å². The predicted octanol–water partition coefficient (Wildman–Crippen LogP) is 3.99. The van der Waals surface area contributed by atoms with Crippen LogP contribution < -0.4 is 5.56 Å². The number of pyridine rings is 1. The molecule has 1 atom stereocenters. The van der Waals surface area contributed by atoms with E-state index in [1.165, 1.54) is 11.3 Å². The SMILES string of the molecule is CCCc1nc2c(sc3nc4c(cc32)COC(C)(C)C4)c(=O)n1CC1CCCO1. The second kappa shape index (κ2) is 7.15. The summed E-state index contributed by atoms with van der Waals surface area (Å²) in [7, 11) is 0. The van der Waals surface area contributed by atoms with E-state index >= 15 is 0 Å². The van der Waals surface area contributed by atoms with Gasteiger partial charge in [-0.05, 0) is 39.2 Å². The summed E-state index contributed by atoms with van der Waals surface area (Å²) in [6.07, 6.45) is 4.69. The lowest BCUT2D eigenvalue weighted by Crippen LogP contribution is -2.32. The lowest BCUT2D eigenvalue weighted by atomic mass is 9.95. The quantitative estimate of drug-likeness (QED) is 0.647. The molecule has 2 aliphatic heterocycles. The molecule has 1 saturated heterocycles. The normalized spacial score (nSPS) is 21.1. The molecule has 0 radical (unpaired) electrons. The zero-order valence-corrected chi connectivity index (χ0v) is 18.1. The van der Waals surface area contributed by atoms with E-state index in [1.54, 1.807) is 0 Å². The minimum absolute atomic E-state index is 0.0477. The third kappa shape index (κ3) is 3.39. The first-order chi connectivity index (χ1) is 13.9. The number of aryl methyl sites for hydroxylation is 1. The molecule has 1 fully saturated rings. The maximum absolute atomic E-state index is 13.4. The molecule has 0 N–H and O–H groups in total. The fourth-order valence-corrected chi connectivity index (χ4v) is 5.44. The van der Waals surface area contributed by atoms with Gasteiger partial charge in [0.1, 0.15) is 15.4 Å². The highest BCUT2D eigenvalue weighted by molar-refractivity contribution is 7.25. The Kier molecular flexibility index (Phi) is 4.72. The Balaban J connectivity index is 1.68. The smallest absolute Gasteiger partial charge is 0.271 e. The van der Waals surface area contributed by atoms with E-state index in [0.29, 0.717) is 17.9 Å². The topological polar surface area (TPSA) is 66.2 Å². The molecule has 29 heavy (non-hydrogen) atoms. The molecule has 3 aromatic rings. The number of ether oxygens (including phenoxy) is 2. The Morgan fingerprint density at radius 2 is 2.21 bits per heavy atom. The van der Waals surface area contributed by atoms with Crippen molar-refractivity contribution in [3.63, 3.8) is 0 Å². The minimum Gasteiger partial charge on any atom is -0.376 e. The van der Waals surface area contributed by atoms with E-state index < -0.39 is 0 Å². The average Bonchev–Trinajstić information content (AvgIpc) is 3.30. The van der Waals surface area contributed by atoms with Crippen LogP contribution in [0.1, 0.15) is 57.1 Å². The van der Waals surface area contributed by atoms with Gasteiger partial charge in [-0.3, -0.25) is 9.36 Å². The Morgan fingerprint density at radius 1 is 1.34 bits per heavy atom. The van der Waals surface area contributed by atoms with Gasteiger partial charge in [-0.2, -0.15) is 0 Å². The van der Waals surface area contributed by atoms with Crippen LogP contribution in [0.25, 0.3) is 20.4 Å². The average molecular weight is 414 g/mol. The van der Waals surface area contributed by atoms with Gasteiger partial charge in [0.2, 0.25) is 0 Å². The van der Waals surface area contributed by atoms with E-state index in [4.69, 9.17) is 19.4 Å². The van der Waals surface area contributed by atoms with Crippen molar-refractivity contribution in [1.82, 2.24) is 14.5 Å².